The molecule has 1 aromatic carbocycles. The molecule has 1 aromatic heterocycles. The highest BCUT2D eigenvalue weighted by molar-refractivity contribution is 7.89. The maximum Gasteiger partial charge on any atom is 0.260 e. The van der Waals surface area contributed by atoms with Crippen molar-refractivity contribution in [2.45, 2.75) is 17.1 Å². The van der Waals surface area contributed by atoms with Gasteiger partial charge in [0.25, 0.3) is 10.0 Å². The van der Waals surface area contributed by atoms with E-state index < -0.39 is 15.7 Å². The zero-order valence-corrected chi connectivity index (χ0v) is 13.5. The minimum absolute atomic E-state index is 0.0582. The second-order valence-corrected chi connectivity index (χ2v) is 7.68. The molecule has 22 heavy (non-hydrogen) atoms. The number of halogens is 2. The zero-order chi connectivity index (χ0) is 16.0. The van der Waals surface area contributed by atoms with Crippen LogP contribution in [0.25, 0.3) is 0 Å². The van der Waals surface area contributed by atoms with E-state index in [0.717, 1.165) is 4.31 Å². The summed E-state index contributed by atoms with van der Waals surface area (Å²) in [7, 11) is -2.21. The van der Waals surface area contributed by atoms with Crippen LogP contribution in [0.3, 0.4) is 0 Å². The normalized spacial score (nSPS) is 23.0. The maximum atomic E-state index is 15.2. The largest absolute Gasteiger partial charge is 0.260 e. The monoisotopic (exact) mass is 343 g/mol. The van der Waals surface area contributed by atoms with Crippen molar-refractivity contribution in [3.05, 3.63) is 47.1 Å². The van der Waals surface area contributed by atoms with Crippen molar-refractivity contribution in [2.75, 3.05) is 13.1 Å². The van der Waals surface area contributed by atoms with E-state index in [9.17, 15) is 8.42 Å². The number of benzene rings is 1. The highest BCUT2D eigenvalue weighted by atomic mass is 35.5. The molecule has 1 aliphatic rings. The minimum Gasteiger partial charge on any atom is -0.256 e. The van der Waals surface area contributed by atoms with Crippen molar-refractivity contribution < 1.29 is 12.8 Å². The summed E-state index contributed by atoms with van der Waals surface area (Å²) in [4.78, 5) is 0. The standard InChI is InChI=1S/C14H15ClFN3O2S/c1-18-13(5-7-17-18)22(20,21)19-8-6-14(16,10-19)11-3-2-4-12(15)9-11/h2-5,7,9H,6,8,10H2,1H3. The number of rotatable bonds is 3. The van der Waals surface area contributed by atoms with E-state index in [0.29, 0.717) is 10.6 Å². The molecular formula is C14H15ClFN3O2S. The Balaban J connectivity index is 1.90. The summed E-state index contributed by atoms with van der Waals surface area (Å²) < 4.78 is 42.7. The molecule has 2 heterocycles. The molecule has 8 heteroatoms. The lowest BCUT2D eigenvalue weighted by atomic mass is 9.95. The van der Waals surface area contributed by atoms with E-state index in [-0.39, 0.29) is 24.5 Å². The third-order valence-electron chi connectivity index (χ3n) is 3.91. The zero-order valence-electron chi connectivity index (χ0n) is 11.9. The van der Waals surface area contributed by atoms with Crippen LogP contribution >= 0.6 is 11.6 Å². The fourth-order valence-electron chi connectivity index (χ4n) is 2.69. The minimum atomic E-state index is -3.75. The SMILES string of the molecule is Cn1nccc1S(=O)(=O)N1CCC(F)(c2cccc(Cl)c2)C1. The fourth-order valence-corrected chi connectivity index (χ4v) is 4.47. The lowest BCUT2D eigenvalue weighted by Crippen LogP contribution is -2.33. The predicted octanol–water partition coefficient (Wildman–Crippen LogP) is 2.33. The van der Waals surface area contributed by atoms with Crippen LogP contribution < -0.4 is 0 Å². The van der Waals surface area contributed by atoms with Crippen molar-refractivity contribution in [1.29, 1.82) is 0 Å². The number of sulfonamides is 1. The van der Waals surface area contributed by atoms with Crippen LogP contribution in [0, 0.1) is 0 Å². The summed E-state index contributed by atoms with van der Waals surface area (Å²) in [6, 6.07) is 7.91. The van der Waals surface area contributed by atoms with E-state index in [4.69, 9.17) is 11.6 Å². The quantitative estimate of drug-likeness (QED) is 0.859. The Morgan fingerprint density at radius 3 is 2.77 bits per heavy atom. The average Bonchev–Trinajstić information content (AvgIpc) is 3.07. The molecule has 0 amide bonds. The van der Waals surface area contributed by atoms with Crippen molar-refractivity contribution >= 4 is 21.6 Å². The van der Waals surface area contributed by atoms with Gasteiger partial charge < -0.3 is 0 Å². The molecule has 1 fully saturated rings. The summed E-state index contributed by atoms with van der Waals surface area (Å²) in [5, 5.41) is 4.35. The van der Waals surface area contributed by atoms with Gasteiger partial charge in [0, 0.05) is 25.0 Å². The van der Waals surface area contributed by atoms with Crippen LogP contribution in [-0.2, 0) is 22.7 Å². The molecular weight excluding hydrogens is 329 g/mol. The van der Waals surface area contributed by atoms with Crippen LogP contribution in [0.2, 0.25) is 5.02 Å². The molecule has 0 bridgehead atoms. The van der Waals surface area contributed by atoms with Gasteiger partial charge in [0.2, 0.25) is 0 Å². The van der Waals surface area contributed by atoms with Crippen LogP contribution in [0.4, 0.5) is 4.39 Å². The Morgan fingerprint density at radius 1 is 1.36 bits per heavy atom. The number of aryl methyl sites for hydroxylation is 1. The van der Waals surface area contributed by atoms with Crippen LogP contribution in [0.15, 0.2) is 41.6 Å². The van der Waals surface area contributed by atoms with Gasteiger partial charge in [-0.05, 0) is 23.8 Å². The Labute approximate surface area is 133 Å². The first-order valence-electron chi connectivity index (χ1n) is 6.76. The molecule has 5 nitrogen and oxygen atoms in total. The molecule has 2 aromatic rings. The lowest BCUT2D eigenvalue weighted by Gasteiger charge is -2.21. The fraction of sp³-hybridized carbons (Fsp3) is 0.357. The Bertz CT molecular complexity index is 808. The molecule has 3 rings (SSSR count). The molecule has 0 spiro atoms. The van der Waals surface area contributed by atoms with Gasteiger partial charge in [-0.1, -0.05) is 23.7 Å². The van der Waals surface area contributed by atoms with Gasteiger partial charge in [-0.2, -0.15) is 9.40 Å². The first-order valence-corrected chi connectivity index (χ1v) is 8.58. The Kier molecular flexibility index (Phi) is 3.74. The molecule has 0 aliphatic carbocycles. The van der Waals surface area contributed by atoms with E-state index in [1.807, 2.05) is 0 Å². The predicted molar refractivity (Wildman–Crippen MR) is 80.8 cm³/mol. The van der Waals surface area contributed by atoms with Crippen molar-refractivity contribution in [3.63, 3.8) is 0 Å². The van der Waals surface area contributed by atoms with Gasteiger partial charge in [-0.15, -0.1) is 0 Å². The van der Waals surface area contributed by atoms with E-state index in [1.165, 1.54) is 16.9 Å². The van der Waals surface area contributed by atoms with Gasteiger partial charge in [0.15, 0.2) is 10.7 Å². The molecule has 1 unspecified atom stereocenters. The second-order valence-electron chi connectivity index (χ2n) is 5.36. The summed E-state index contributed by atoms with van der Waals surface area (Å²) in [6.45, 7) is -0.0998. The molecule has 118 valence electrons. The van der Waals surface area contributed by atoms with Crippen LogP contribution in [0.1, 0.15) is 12.0 Å². The summed E-state index contributed by atoms with van der Waals surface area (Å²) in [6.07, 6.45) is 1.51. The van der Waals surface area contributed by atoms with Gasteiger partial charge in [0.05, 0.1) is 12.7 Å². The summed E-state index contributed by atoms with van der Waals surface area (Å²) >= 11 is 5.90. The van der Waals surface area contributed by atoms with Crippen molar-refractivity contribution in [3.8, 4) is 0 Å². The van der Waals surface area contributed by atoms with E-state index >= 15 is 4.39 Å². The molecule has 0 radical (unpaired) electrons. The number of aromatic nitrogens is 2. The van der Waals surface area contributed by atoms with E-state index in [1.54, 1.807) is 31.3 Å². The highest BCUT2D eigenvalue weighted by Crippen LogP contribution is 2.39. The lowest BCUT2D eigenvalue weighted by molar-refractivity contribution is 0.183. The third-order valence-corrected chi connectivity index (χ3v) is 6.06. The summed E-state index contributed by atoms with van der Waals surface area (Å²) in [5.41, 5.74) is -1.32. The second kappa shape index (κ2) is 5.33. The van der Waals surface area contributed by atoms with Crippen molar-refractivity contribution in [1.82, 2.24) is 14.1 Å². The molecule has 0 saturated carbocycles. The first-order chi connectivity index (χ1) is 10.3. The summed E-state index contributed by atoms with van der Waals surface area (Å²) in [5.74, 6) is 0. The topological polar surface area (TPSA) is 55.2 Å². The molecule has 1 atom stereocenters. The molecule has 0 N–H and O–H groups in total. The van der Waals surface area contributed by atoms with Crippen LogP contribution in [0.5, 0.6) is 0 Å². The number of hydrogen-bond acceptors (Lipinski definition) is 3. The Morgan fingerprint density at radius 2 is 2.14 bits per heavy atom. The van der Waals surface area contributed by atoms with Gasteiger partial charge in [-0.3, -0.25) is 4.68 Å². The molecule has 1 saturated heterocycles. The average molecular weight is 344 g/mol. The van der Waals surface area contributed by atoms with E-state index in [2.05, 4.69) is 5.10 Å². The number of alkyl halides is 1. The third kappa shape index (κ3) is 2.53. The molecule has 1 aliphatic heterocycles. The first kappa shape index (κ1) is 15.5. The number of hydrogen-bond donors (Lipinski definition) is 0. The van der Waals surface area contributed by atoms with Crippen molar-refractivity contribution in [2.24, 2.45) is 7.05 Å². The number of nitrogens with zero attached hydrogens (tertiary/aromatic N) is 3. The Hall–Kier alpha value is -1.44. The van der Waals surface area contributed by atoms with Gasteiger partial charge >= 0.3 is 0 Å². The maximum absolute atomic E-state index is 15.2. The highest BCUT2D eigenvalue weighted by Gasteiger charge is 2.45. The van der Waals surface area contributed by atoms with Gasteiger partial charge in [0.1, 0.15) is 0 Å². The van der Waals surface area contributed by atoms with Gasteiger partial charge in [-0.25, -0.2) is 12.8 Å². The smallest absolute Gasteiger partial charge is 0.256 e. The van der Waals surface area contributed by atoms with Crippen LogP contribution in [-0.4, -0.2) is 35.6 Å².